The Morgan fingerprint density at radius 2 is 1.69 bits per heavy atom. The Morgan fingerprint density at radius 1 is 0.973 bits per heavy atom. The summed E-state index contributed by atoms with van der Waals surface area (Å²) in [6.07, 6.45) is 0.117. The summed E-state index contributed by atoms with van der Waals surface area (Å²) in [7, 11) is 0. The SMILES string of the molecule is Cc1ncsc1-c1ccc([C@H](C)NC(=O)[C@@H]2C[C@@H](O)CN2C(=O)[C@@H](N(N)C(=O)c2cc3cc(O[C@H]4C[C@@H](NC(=O)C[C@@H]5N=C(c6ccc(Cl)cc6)c6c(sc(C)c6C)-n6c(C)nnc65)C4)ccc3o2)C(C)(C)C)cc1. The molecule has 3 aromatic carbocycles. The molecule has 10 rings (SSSR count). The Morgan fingerprint density at radius 3 is 2.39 bits per heavy atom. The number of benzene rings is 3. The van der Waals surface area contributed by atoms with Crippen LogP contribution in [0.2, 0.25) is 5.02 Å². The number of aliphatic imine (C=N–C) groups is 1. The van der Waals surface area contributed by atoms with Crippen LogP contribution in [0.3, 0.4) is 0 Å². The number of hydrazine groups is 1. The molecule has 5 N–H and O–H groups in total. The number of β-amino-alcohol motifs (C(OH)–C–C–N with tert-alkyl or cyclic N) is 1. The second-order valence-corrected chi connectivity index (χ2v) is 23.4. The quantitative estimate of drug-likeness (QED) is 0.0486. The van der Waals surface area contributed by atoms with E-state index in [2.05, 4.69) is 39.7 Å². The van der Waals surface area contributed by atoms with Gasteiger partial charge in [-0.1, -0.05) is 68.8 Å². The van der Waals surface area contributed by atoms with Crippen molar-refractivity contribution in [3.8, 4) is 21.2 Å². The van der Waals surface area contributed by atoms with Gasteiger partial charge in [0.1, 0.15) is 46.4 Å². The molecule has 2 fully saturated rings. The summed E-state index contributed by atoms with van der Waals surface area (Å²) in [5.41, 5.74) is 7.94. The minimum absolute atomic E-state index is 0.0264. The lowest BCUT2D eigenvalue weighted by Crippen LogP contribution is -2.61. The molecule has 0 unspecified atom stereocenters. The molecule has 1 saturated carbocycles. The lowest BCUT2D eigenvalue weighted by atomic mass is 9.85. The molecule has 4 aromatic heterocycles. The highest BCUT2D eigenvalue weighted by Crippen LogP contribution is 2.40. The first-order chi connectivity index (χ1) is 35.7. The highest BCUT2D eigenvalue weighted by molar-refractivity contribution is 7.15. The third-order valence-electron chi connectivity index (χ3n) is 14.4. The number of aliphatic hydroxyl groups is 1. The van der Waals surface area contributed by atoms with Crippen molar-refractivity contribution < 1.29 is 33.4 Å². The van der Waals surface area contributed by atoms with Gasteiger partial charge in [0.05, 0.1) is 40.4 Å². The minimum atomic E-state index is -1.23. The average molecular weight is 1070 g/mol. The van der Waals surface area contributed by atoms with E-state index in [-0.39, 0.29) is 43.2 Å². The van der Waals surface area contributed by atoms with Crippen molar-refractivity contribution >= 4 is 74.6 Å². The van der Waals surface area contributed by atoms with Crippen LogP contribution in [0.25, 0.3) is 26.4 Å². The molecule has 0 radical (unpaired) electrons. The third kappa shape index (κ3) is 10.2. The van der Waals surface area contributed by atoms with Crippen molar-refractivity contribution in [1.29, 1.82) is 0 Å². The summed E-state index contributed by atoms with van der Waals surface area (Å²) in [4.78, 5) is 69.5. The molecule has 4 amide bonds. The molecule has 2 aliphatic heterocycles. The summed E-state index contributed by atoms with van der Waals surface area (Å²) in [5, 5.41) is 29.0. The second-order valence-electron chi connectivity index (χ2n) is 20.9. The van der Waals surface area contributed by atoms with E-state index in [9.17, 15) is 24.3 Å². The van der Waals surface area contributed by atoms with Gasteiger partial charge in [-0.15, -0.1) is 32.9 Å². The van der Waals surface area contributed by atoms with Gasteiger partial charge in [-0.25, -0.2) is 10.8 Å². The standard InChI is InChI=1S/C55H59ClN10O7S2/c1-27-30(4)75-54-46(27)47(33-13-15-36(56)16-14-33)61-41(50-63-62-31(5)65(50)54)24-45(68)60-37-21-40(22-37)72-39-17-18-43-35(19-39)20-44(73-43)52(70)66(57)49(55(6,7)8)53(71)64-25-38(67)23-42(64)51(69)59-28(2)32-9-11-34(12-10-32)48-29(3)58-26-74-48/h9-20,26,28,37-38,40-42,49,67H,21-25,57H2,1-8H3,(H,59,69)(H,60,68)/t28-,37-,38+,40+,41-,42-,49+/m0/s1. The van der Waals surface area contributed by atoms with Gasteiger partial charge >= 0.3 is 5.91 Å². The number of nitrogens with zero attached hydrogens (tertiary/aromatic N) is 7. The van der Waals surface area contributed by atoms with E-state index in [0.717, 1.165) is 59.0 Å². The maximum atomic E-state index is 14.5. The number of nitrogens with two attached hydrogens (primary N) is 1. The van der Waals surface area contributed by atoms with E-state index in [1.807, 2.05) is 79.4 Å². The molecule has 75 heavy (non-hydrogen) atoms. The van der Waals surface area contributed by atoms with Crippen molar-refractivity contribution in [2.75, 3.05) is 6.54 Å². The Hall–Kier alpha value is -6.77. The summed E-state index contributed by atoms with van der Waals surface area (Å²) in [6.45, 7) is 15.1. The van der Waals surface area contributed by atoms with Crippen molar-refractivity contribution in [2.45, 2.75) is 123 Å². The van der Waals surface area contributed by atoms with Crippen molar-refractivity contribution in [1.82, 2.24) is 40.3 Å². The van der Waals surface area contributed by atoms with Crippen LogP contribution < -0.4 is 21.2 Å². The van der Waals surface area contributed by atoms with Crippen LogP contribution in [0.15, 0.2) is 87.7 Å². The number of halogens is 1. The predicted octanol–water partition coefficient (Wildman–Crippen LogP) is 8.66. The number of likely N-dealkylation sites (tertiary alicyclic amines) is 1. The number of fused-ring (bicyclic) bond motifs is 4. The first-order valence-electron chi connectivity index (χ1n) is 25.0. The number of carbonyl (C=O) groups excluding carboxylic acids is 4. The summed E-state index contributed by atoms with van der Waals surface area (Å²) < 4.78 is 14.4. The van der Waals surface area contributed by atoms with Gasteiger partial charge in [0.25, 0.3) is 0 Å². The average Bonchev–Trinajstić information content (AvgIpc) is 4.20. The normalized spacial score (nSPS) is 20.1. The molecule has 20 heteroatoms. The lowest BCUT2D eigenvalue weighted by Gasteiger charge is -2.39. The van der Waals surface area contributed by atoms with Gasteiger partial charge in [-0.05, 0) is 93.1 Å². The highest BCUT2D eigenvalue weighted by Gasteiger charge is 2.47. The topological polar surface area (TPSA) is 223 Å². The zero-order valence-electron chi connectivity index (χ0n) is 42.9. The van der Waals surface area contributed by atoms with E-state index in [0.29, 0.717) is 46.2 Å². The fourth-order valence-corrected chi connectivity index (χ4v) is 12.4. The fourth-order valence-electron chi connectivity index (χ4n) is 10.3. The molecule has 17 nitrogen and oxygen atoms in total. The summed E-state index contributed by atoms with van der Waals surface area (Å²) >= 11 is 9.50. The number of hydrogen-bond donors (Lipinski definition) is 4. The van der Waals surface area contributed by atoms with Crippen molar-refractivity contribution in [3.63, 3.8) is 0 Å². The number of rotatable bonds is 13. The number of aryl methyl sites for hydroxylation is 3. The Bertz CT molecular complexity index is 3370. The molecular weight excluding hydrogens is 1010 g/mol. The number of hydrogen-bond acceptors (Lipinski definition) is 14. The Labute approximate surface area is 447 Å². The van der Waals surface area contributed by atoms with Gasteiger partial charge in [-0.2, -0.15) is 0 Å². The number of nitrogens with one attached hydrogen (secondary N) is 2. The number of aliphatic hydroxyl groups excluding tert-OH is 1. The zero-order chi connectivity index (χ0) is 53.2. The zero-order valence-corrected chi connectivity index (χ0v) is 45.3. The van der Waals surface area contributed by atoms with Gasteiger partial charge in [0.2, 0.25) is 17.7 Å². The second kappa shape index (κ2) is 20.4. The molecule has 6 heterocycles. The van der Waals surface area contributed by atoms with Gasteiger partial charge in [0.15, 0.2) is 11.6 Å². The van der Waals surface area contributed by atoms with E-state index in [1.54, 1.807) is 67.7 Å². The maximum Gasteiger partial charge on any atom is 0.304 e. The molecule has 3 aliphatic rings. The number of furan rings is 1. The van der Waals surface area contributed by atoms with Crippen LogP contribution in [0, 0.1) is 33.1 Å². The molecule has 0 bridgehead atoms. The smallest absolute Gasteiger partial charge is 0.304 e. The highest BCUT2D eigenvalue weighted by atomic mass is 35.5. The van der Waals surface area contributed by atoms with Crippen molar-refractivity contribution in [3.05, 3.63) is 134 Å². The predicted molar refractivity (Wildman–Crippen MR) is 288 cm³/mol. The molecular formula is C55H59ClN10O7S2. The van der Waals surface area contributed by atoms with E-state index >= 15 is 0 Å². The first-order valence-corrected chi connectivity index (χ1v) is 27.0. The van der Waals surface area contributed by atoms with Crippen LogP contribution in [-0.2, 0) is 14.4 Å². The fraction of sp³-hybridized carbons (Fsp3) is 0.382. The number of thiophene rings is 1. The first kappa shape index (κ1) is 51.7. The maximum absolute atomic E-state index is 14.5. The van der Waals surface area contributed by atoms with Crippen LogP contribution in [0.1, 0.15) is 120 Å². The van der Waals surface area contributed by atoms with Gasteiger partial charge in [-0.3, -0.25) is 33.7 Å². The van der Waals surface area contributed by atoms with Crippen molar-refractivity contribution in [2.24, 2.45) is 16.3 Å². The largest absolute Gasteiger partial charge is 0.490 e. The molecule has 1 aliphatic carbocycles. The summed E-state index contributed by atoms with van der Waals surface area (Å²) in [6, 6.07) is 18.9. The van der Waals surface area contributed by atoms with Crippen LogP contribution in [0.4, 0.5) is 0 Å². The Balaban J connectivity index is 0.766. The van der Waals surface area contributed by atoms with Gasteiger partial charge < -0.3 is 29.8 Å². The number of thiazole rings is 1. The minimum Gasteiger partial charge on any atom is -0.490 e. The molecule has 390 valence electrons. The van der Waals surface area contributed by atoms with E-state index < -0.39 is 53.4 Å². The molecule has 0 spiro atoms. The molecule has 5 atom stereocenters. The van der Waals surface area contributed by atoms with Crippen LogP contribution in [-0.4, -0.2) is 101 Å². The number of carbonyl (C=O) groups is 4. The summed E-state index contributed by atoms with van der Waals surface area (Å²) in [5.74, 6) is 6.47. The molecule has 1 saturated heterocycles. The Kier molecular flexibility index (Phi) is 14.1. The third-order valence-corrected chi connectivity index (χ3v) is 16.8. The van der Waals surface area contributed by atoms with Crippen LogP contribution >= 0.6 is 34.3 Å². The van der Waals surface area contributed by atoms with E-state index in [4.69, 9.17) is 31.6 Å². The van der Waals surface area contributed by atoms with E-state index in [1.165, 1.54) is 4.90 Å². The van der Waals surface area contributed by atoms with Gasteiger partial charge in [0, 0.05) is 58.3 Å². The lowest BCUT2D eigenvalue weighted by molar-refractivity contribution is -0.145. The monoisotopic (exact) mass is 1070 g/mol. The van der Waals surface area contributed by atoms with Crippen LogP contribution in [0.5, 0.6) is 5.75 Å². The number of amides is 4. The number of ether oxygens (including phenoxy) is 1. The number of aromatic nitrogens is 4. The molecule has 7 aromatic rings.